The molecule has 0 amide bonds. The van der Waals surface area contributed by atoms with Crippen molar-refractivity contribution in [3.8, 4) is 22.3 Å². The molecule has 0 bridgehead atoms. The molecule has 2 aliphatic carbocycles. The molecule has 0 atom stereocenters. The van der Waals surface area contributed by atoms with E-state index >= 15 is 0 Å². The van der Waals surface area contributed by atoms with Gasteiger partial charge in [-0.25, -0.2) is 0 Å². The molecule has 2 radical (unpaired) electrons. The minimum absolute atomic E-state index is 0.00727. The highest BCUT2D eigenvalue weighted by atomic mass is 14.5. The van der Waals surface area contributed by atoms with Crippen LogP contribution < -0.4 is 5.46 Å². The van der Waals surface area contributed by atoms with Gasteiger partial charge in [-0.3, -0.25) is 0 Å². The fraction of sp³-hybridized carbons (Fsp3) is 0.273. The molecule has 0 nitrogen and oxygen atoms in total. The molecule has 0 aromatic heterocycles. The van der Waals surface area contributed by atoms with Crippen molar-refractivity contribution < 1.29 is 0 Å². The standard InChI is InChI=1S/C33H31B/c1-31(2,3)20-15-16-24-27(17-20)33(28-18-21(32(4,5)6)19-29(34)30(24)28)25-13-9-7-11-22(25)23-12-8-10-14-26(23)33/h7-19H,1-6H3. The Bertz CT molecular complexity index is 1430. The highest BCUT2D eigenvalue weighted by Gasteiger charge is 2.52. The average Bonchev–Trinajstić information content (AvgIpc) is 3.25. The lowest BCUT2D eigenvalue weighted by Gasteiger charge is -2.33. The predicted octanol–water partition coefficient (Wildman–Crippen LogP) is 7.42. The van der Waals surface area contributed by atoms with Gasteiger partial charge in [0.05, 0.1) is 5.41 Å². The summed E-state index contributed by atoms with van der Waals surface area (Å²) < 4.78 is 0. The van der Waals surface area contributed by atoms with Gasteiger partial charge in [0.15, 0.2) is 0 Å². The van der Waals surface area contributed by atoms with E-state index in [2.05, 4.69) is 120 Å². The summed E-state index contributed by atoms with van der Waals surface area (Å²) in [6.45, 7) is 13.7. The minimum atomic E-state index is -0.353. The molecular weight excluding hydrogens is 407 g/mol. The molecule has 0 heterocycles. The van der Waals surface area contributed by atoms with Crippen molar-refractivity contribution in [2.24, 2.45) is 0 Å². The lowest BCUT2D eigenvalue weighted by molar-refractivity contribution is 0.587. The van der Waals surface area contributed by atoms with E-state index < -0.39 is 0 Å². The zero-order valence-corrected chi connectivity index (χ0v) is 21.1. The summed E-state index contributed by atoms with van der Waals surface area (Å²) >= 11 is 0. The van der Waals surface area contributed by atoms with Crippen molar-refractivity contribution in [1.29, 1.82) is 0 Å². The highest BCUT2D eigenvalue weighted by Crippen LogP contribution is 2.63. The summed E-state index contributed by atoms with van der Waals surface area (Å²) in [7, 11) is 6.90. The molecule has 0 fully saturated rings. The molecule has 4 aromatic rings. The van der Waals surface area contributed by atoms with Crippen LogP contribution in [0.3, 0.4) is 0 Å². The largest absolute Gasteiger partial charge is 0.114 e. The Morgan fingerprint density at radius 2 is 1.06 bits per heavy atom. The van der Waals surface area contributed by atoms with Crippen LogP contribution in [0.4, 0.5) is 0 Å². The third-order valence-corrected chi connectivity index (χ3v) is 7.95. The summed E-state index contributed by atoms with van der Waals surface area (Å²) in [5.74, 6) is 0. The van der Waals surface area contributed by atoms with Gasteiger partial charge in [0.1, 0.15) is 7.85 Å². The van der Waals surface area contributed by atoms with Crippen LogP contribution >= 0.6 is 0 Å². The van der Waals surface area contributed by atoms with Crippen molar-refractivity contribution >= 4 is 13.3 Å². The highest BCUT2D eigenvalue weighted by molar-refractivity contribution is 6.37. The first-order valence-electron chi connectivity index (χ1n) is 12.3. The zero-order valence-electron chi connectivity index (χ0n) is 21.1. The summed E-state index contributed by atoms with van der Waals surface area (Å²) in [5, 5.41) is 0. The molecule has 0 saturated carbocycles. The molecule has 6 rings (SSSR count). The van der Waals surface area contributed by atoms with Crippen LogP contribution in [0.2, 0.25) is 0 Å². The van der Waals surface area contributed by atoms with Gasteiger partial charge in [-0.2, -0.15) is 0 Å². The maximum absolute atomic E-state index is 6.90. The lowest BCUT2D eigenvalue weighted by Crippen LogP contribution is -2.28. The van der Waals surface area contributed by atoms with E-state index in [0.29, 0.717) is 0 Å². The number of rotatable bonds is 0. The van der Waals surface area contributed by atoms with E-state index in [4.69, 9.17) is 7.85 Å². The quantitative estimate of drug-likeness (QED) is 0.217. The maximum Gasteiger partial charge on any atom is 0.114 e. The van der Waals surface area contributed by atoms with Crippen LogP contribution in [0.5, 0.6) is 0 Å². The lowest BCUT2D eigenvalue weighted by atomic mass is 9.68. The third kappa shape index (κ3) is 2.67. The number of hydrogen-bond acceptors (Lipinski definition) is 0. The van der Waals surface area contributed by atoms with E-state index in [1.807, 2.05) is 0 Å². The smallest absolute Gasteiger partial charge is 0.0883 e. The van der Waals surface area contributed by atoms with Crippen LogP contribution in [0.1, 0.15) is 74.9 Å². The van der Waals surface area contributed by atoms with E-state index in [-0.39, 0.29) is 16.2 Å². The first-order chi connectivity index (χ1) is 16.0. The van der Waals surface area contributed by atoms with Crippen molar-refractivity contribution in [1.82, 2.24) is 0 Å². The Hall–Kier alpha value is -3.06. The molecule has 1 spiro atoms. The zero-order chi connectivity index (χ0) is 24.0. The fourth-order valence-electron chi connectivity index (χ4n) is 6.19. The Morgan fingerprint density at radius 1 is 0.529 bits per heavy atom. The van der Waals surface area contributed by atoms with Crippen LogP contribution in [-0.4, -0.2) is 7.85 Å². The van der Waals surface area contributed by atoms with Gasteiger partial charge in [-0.05, 0) is 66.5 Å². The van der Waals surface area contributed by atoms with Gasteiger partial charge in [-0.1, -0.05) is 126 Å². The number of hydrogen-bond donors (Lipinski definition) is 0. The van der Waals surface area contributed by atoms with E-state index in [1.54, 1.807) is 0 Å². The van der Waals surface area contributed by atoms with Gasteiger partial charge in [0.25, 0.3) is 0 Å². The van der Waals surface area contributed by atoms with Gasteiger partial charge < -0.3 is 0 Å². The van der Waals surface area contributed by atoms with Crippen molar-refractivity contribution in [3.05, 3.63) is 112 Å². The minimum Gasteiger partial charge on any atom is -0.0883 e. The van der Waals surface area contributed by atoms with Gasteiger partial charge >= 0.3 is 0 Å². The van der Waals surface area contributed by atoms with Crippen molar-refractivity contribution in [3.63, 3.8) is 0 Å². The number of fused-ring (bicyclic) bond motifs is 10. The molecule has 1 heteroatoms. The first kappa shape index (κ1) is 21.5. The fourth-order valence-corrected chi connectivity index (χ4v) is 6.19. The van der Waals surface area contributed by atoms with Gasteiger partial charge in [0.2, 0.25) is 0 Å². The topological polar surface area (TPSA) is 0 Å². The van der Waals surface area contributed by atoms with Crippen molar-refractivity contribution in [2.45, 2.75) is 57.8 Å². The summed E-state index contributed by atoms with van der Waals surface area (Å²) in [6.07, 6.45) is 0. The summed E-state index contributed by atoms with van der Waals surface area (Å²) in [6, 6.07) is 29.7. The van der Waals surface area contributed by atoms with Crippen LogP contribution in [0.15, 0.2) is 78.9 Å². The second kappa shape index (κ2) is 6.75. The van der Waals surface area contributed by atoms with E-state index in [1.165, 1.54) is 55.6 Å². The Labute approximate surface area is 205 Å². The summed E-state index contributed by atoms with van der Waals surface area (Å²) in [4.78, 5) is 0. The first-order valence-corrected chi connectivity index (χ1v) is 12.3. The monoisotopic (exact) mass is 438 g/mol. The number of benzene rings is 4. The molecule has 0 saturated heterocycles. The molecule has 0 unspecified atom stereocenters. The second-order valence-corrected chi connectivity index (χ2v) is 12.1. The average molecular weight is 438 g/mol. The van der Waals surface area contributed by atoms with E-state index in [9.17, 15) is 0 Å². The molecular formula is C33H31B. The molecule has 0 N–H and O–H groups in total. The van der Waals surface area contributed by atoms with Gasteiger partial charge in [-0.15, -0.1) is 0 Å². The van der Waals surface area contributed by atoms with Crippen molar-refractivity contribution in [2.75, 3.05) is 0 Å². The molecule has 2 aliphatic rings. The van der Waals surface area contributed by atoms with Crippen LogP contribution in [0.25, 0.3) is 22.3 Å². The SMILES string of the molecule is [B]c1cc(C(C)(C)C)cc2c1-c1ccc(C(C)(C)C)cc1C21c2ccccc2-c2ccccc21. The Balaban J connectivity index is 1.83. The molecule has 166 valence electrons. The maximum atomic E-state index is 6.90. The van der Waals surface area contributed by atoms with Crippen LogP contribution in [-0.2, 0) is 16.2 Å². The second-order valence-electron chi connectivity index (χ2n) is 12.1. The molecule has 4 aromatic carbocycles. The van der Waals surface area contributed by atoms with Gasteiger partial charge in [0, 0.05) is 0 Å². The Morgan fingerprint density at radius 3 is 1.62 bits per heavy atom. The van der Waals surface area contributed by atoms with Crippen LogP contribution in [0, 0.1) is 0 Å². The summed E-state index contributed by atoms with van der Waals surface area (Å²) in [5.41, 5.74) is 13.8. The predicted molar refractivity (Wildman–Crippen MR) is 146 cm³/mol. The molecule has 34 heavy (non-hydrogen) atoms. The Kier molecular flexibility index (Phi) is 4.27. The molecule has 0 aliphatic heterocycles. The van der Waals surface area contributed by atoms with E-state index in [0.717, 1.165) is 5.46 Å². The third-order valence-electron chi connectivity index (χ3n) is 7.95. The normalized spacial score (nSPS) is 15.1.